The Labute approximate surface area is 279 Å². The number of aromatic nitrogens is 1. The van der Waals surface area contributed by atoms with Crippen molar-refractivity contribution in [1.82, 2.24) is 20.1 Å². The lowest BCUT2D eigenvalue weighted by atomic mass is 10.0. The maximum Gasteiger partial charge on any atom is 0.371 e. The summed E-state index contributed by atoms with van der Waals surface area (Å²) in [6.07, 6.45) is 1.91. The standard InChI is InChI=1S/C32H42N4O4S.C3H4O3/c1-3-35(4-2)20-21-36(19-18-33-17-14-26-12-13-28(37)30-31(26)41-32(39)34-30)29(38)16-23-40-22-15-25-10-7-9-24-8-5-6-11-27(24)25;1-2(4)3(5)6/h5-13,33,37H,3-4,14-23H2,1-2H3,(H,34,39);1H3,(H,5,6). The van der Waals surface area contributed by atoms with Crippen LogP contribution in [0.1, 0.15) is 38.3 Å². The van der Waals surface area contributed by atoms with Crippen molar-refractivity contribution in [2.45, 2.75) is 40.0 Å². The number of carboxylic acids is 1. The second-order valence-electron chi connectivity index (χ2n) is 11.0. The van der Waals surface area contributed by atoms with E-state index in [1.54, 1.807) is 6.07 Å². The van der Waals surface area contributed by atoms with Gasteiger partial charge in [-0.2, -0.15) is 0 Å². The van der Waals surface area contributed by atoms with E-state index in [4.69, 9.17) is 9.84 Å². The topological polar surface area (TPSA) is 152 Å². The fourth-order valence-electron chi connectivity index (χ4n) is 5.11. The molecule has 4 aromatic rings. The van der Waals surface area contributed by atoms with E-state index in [0.29, 0.717) is 51.3 Å². The molecule has 1 heterocycles. The quantitative estimate of drug-likeness (QED) is 0.0910. The third-order valence-electron chi connectivity index (χ3n) is 7.86. The number of carbonyl (C=O) groups excluding carboxylic acids is 2. The molecule has 0 aliphatic carbocycles. The van der Waals surface area contributed by atoms with Crippen molar-refractivity contribution < 1.29 is 29.3 Å². The van der Waals surface area contributed by atoms with Gasteiger partial charge in [-0.3, -0.25) is 14.4 Å². The number of H-pyrrole nitrogens is 1. The van der Waals surface area contributed by atoms with Gasteiger partial charge in [-0.1, -0.05) is 73.7 Å². The van der Waals surface area contributed by atoms with Gasteiger partial charge in [0.25, 0.3) is 0 Å². The van der Waals surface area contributed by atoms with Crippen LogP contribution in [0.25, 0.3) is 21.0 Å². The zero-order chi connectivity index (χ0) is 34.2. The lowest BCUT2D eigenvalue weighted by Crippen LogP contribution is -2.42. The van der Waals surface area contributed by atoms with Crippen molar-refractivity contribution in [1.29, 1.82) is 0 Å². The second-order valence-corrected chi connectivity index (χ2v) is 12.0. The molecule has 0 saturated heterocycles. The van der Waals surface area contributed by atoms with E-state index >= 15 is 0 Å². The van der Waals surface area contributed by atoms with Gasteiger partial charge in [-0.25, -0.2) is 4.79 Å². The number of Topliss-reactive ketones (excluding diaryl/α,β-unsaturated/α-hetero) is 1. The number of ether oxygens (including phenoxy) is 1. The number of amides is 1. The predicted molar refractivity (Wildman–Crippen MR) is 186 cm³/mol. The van der Waals surface area contributed by atoms with Gasteiger partial charge in [0.05, 0.1) is 24.3 Å². The van der Waals surface area contributed by atoms with E-state index in [-0.39, 0.29) is 16.5 Å². The summed E-state index contributed by atoms with van der Waals surface area (Å²) in [5, 5.41) is 23.6. The zero-order valence-corrected chi connectivity index (χ0v) is 28.2. The number of aromatic amines is 1. The minimum absolute atomic E-state index is 0.0926. The molecule has 4 rings (SSSR count). The molecule has 0 bridgehead atoms. The molecule has 47 heavy (non-hydrogen) atoms. The first kappa shape index (κ1) is 37.4. The minimum atomic E-state index is -1.38. The SMILES string of the molecule is CC(=O)C(=O)O.CCN(CC)CCN(CCNCCc1ccc(O)c2[nH]c(=O)sc12)C(=O)CCOCCc1cccc2ccccc12. The molecule has 0 saturated carbocycles. The van der Waals surface area contributed by atoms with Crippen molar-refractivity contribution in [3.05, 3.63) is 75.4 Å². The smallest absolute Gasteiger partial charge is 0.371 e. The van der Waals surface area contributed by atoms with E-state index in [0.717, 1.165) is 61.0 Å². The third kappa shape index (κ3) is 11.9. The Kier molecular flexibility index (Phi) is 15.5. The van der Waals surface area contributed by atoms with Crippen LogP contribution < -0.4 is 10.2 Å². The average Bonchev–Trinajstić information content (AvgIpc) is 3.47. The molecule has 0 unspecified atom stereocenters. The van der Waals surface area contributed by atoms with Gasteiger partial charge in [-0.05, 0) is 60.4 Å². The number of aromatic hydroxyl groups is 1. The first-order valence-corrected chi connectivity index (χ1v) is 16.8. The Morgan fingerprint density at radius 2 is 1.62 bits per heavy atom. The fourth-order valence-corrected chi connectivity index (χ4v) is 6.00. The van der Waals surface area contributed by atoms with E-state index < -0.39 is 11.8 Å². The van der Waals surface area contributed by atoms with E-state index in [9.17, 15) is 24.3 Å². The highest BCUT2D eigenvalue weighted by Crippen LogP contribution is 2.27. The summed E-state index contributed by atoms with van der Waals surface area (Å²) in [5.74, 6) is -2.00. The highest BCUT2D eigenvalue weighted by atomic mass is 32.1. The zero-order valence-electron chi connectivity index (χ0n) is 27.4. The Morgan fingerprint density at radius 3 is 2.34 bits per heavy atom. The van der Waals surface area contributed by atoms with Gasteiger partial charge >= 0.3 is 10.8 Å². The number of carbonyl (C=O) groups is 3. The van der Waals surface area contributed by atoms with Crippen LogP contribution in [0.15, 0.2) is 59.4 Å². The number of aliphatic carboxylic acids is 1. The third-order valence-corrected chi connectivity index (χ3v) is 8.82. The van der Waals surface area contributed by atoms with Crippen LogP contribution >= 0.6 is 11.3 Å². The molecule has 12 heteroatoms. The summed E-state index contributed by atoms with van der Waals surface area (Å²) in [5.41, 5.74) is 2.79. The van der Waals surface area contributed by atoms with Crippen molar-refractivity contribution in [2.24, 2.45) is 0 Å². The molecule has 1 amide bonds. The molecule has 4 N–H and O–H groups in total. The summed E-state index contributed by atoms with van der Waals surface area (Å²) in [6, 6.07) is 18.2. The van der Waals surface area contributed by atoms with Crippen LogP contribution in [-0.4, -0.2) is 102 Å². The number of ketones is 1. The van der Waals surface area contributed by atoms with Crippen LogP contribution in [0, 0.1) is 0 Å². The van der Waals surface area contributed by atoms with Crippen molar-refractivity contribution in [3.8, 4) is 5.75 Å². The summed E-state index contributed by atoms with van der Waals surface area (Å²) in [4.78, 5) is 50.6. The Morgan fingerprint density at radius 1 is 0.894 bits per heavy atom. The Bertz CT molecular complexity index is 1650. The lowest BCUT2D eigenvalue weighted by Gasteiger charge is -2.27. The van der Waals surface area contributed by atoms with Gasteiger partial charge in [-0.15, -0.1) is 0 Å². The maximum atomic E-state index is 13.2. The Balaban J connectivity index is 0.000000913. The maximum absolute atomic E-state index is 13.2. The molecule has 1 aromatic heterocycles. The average molecular weight is 667 g/mol. The molecule has 0 spiro atoms. The molecule has 0 aliphatic rings. The second kappa shape index (κ2) is 19.5. The number of fused-ring (bicyclic) bond motifs is 2. The van der Waals surface area contributed by atoms with Gasteiger partial charge in [0.2, 0.25) is 11.7 Å². The van der Waals surface area contributed by atoms with Crippen LogP contribution in [-0.2, 0) is 32.0 Å². The van der Waals surface area contributed by atoms with E-state index in [1.807, 2.05) is 11.0 Å². The van der Waals surface area contributed by atoms with Crippen LogP contribution in [0.5, 0.6) is 5.75 Å². The summed E-state index contributed by atoms with van der Waals surface area (Å²) in [6.45, 7) is 11.7. The first-order valence-electron chi connectivity index (χ1n) is 16.0. The van der Waals surface area contributed by atoms with Crippen molar-refractivity contribution in [2.75, 3.05) is 59.0 Å². The highest BCUT2D eigenvalue weighted by molar-refractivity contribution is 7.16. The molecule has 11 nitrogen and oxygen atoms in total. The highest BCUT2D eigenvalue weighted by Gasteiger charge is 2.15. The summed E-state index contributed by atoms with van der Waals surface area (Å²) >= 11 is 1.12. The minimum Gasteiger partial charge on any atom is -0.506 e. The monoisotopic (exact) mass is 666 g/mol. The number of nitrogens with one attached hydrogen (secondary N) is 2. The van der Waals surface area contributed by atoms with Crippen LogP contribution in [0.4, 0.5) is 0 Å². The molecular formula is C35H46N4O7S. The largest absolute Gasteiger partial charge is 0.506 e. The van der Waals surface area contributed by atoms with Gasteiger partial charge in [0.15, 0.2) is 0 Å². The normalized spacial score (nSPS) is 11.1. The van der Waals surface area contributed by atoms with Crippen molar-refractivity contribution in [3.63, 3.8) is 0 Å². The van der Waals surface area contributed by atoms with Crippen molar-refractivity contribution >= 4 is 50.0 Å². The predicted octanol–water partition coefficient (Wildman–Crippen LogP) is 4.06. The molecule has 254 valence electrons. The number of thiazole rings is 1. The van der Waals surface area contributed by atoms with Crippen LogP contribution in [0.2, 0.25) is 0 Å². The molecule has 0 fully saturated rings. The number of carboxylic acid groups (broad SMARTS) is 1. The van der Waals surface area contributed by atoms with E-state index in [1.165, 1.54) is 16.3 Å². The summed E-state index contributed by atoms with van der Waals surface area (Å²) in [7, 11) is 0. The molecule has 0 radical (unpaired) electrons. The molecule has 3 aromatic carbocycles. The number of hydrogen-bond acceptors (Lipinski definition) is 9. The number of phenolic OH excluding ortho intramolecular Hbond substituents is 1. The number of rotatable bonds is 18. The first-order chi connectivity index (χ1) is 22.6. The Hall–Kier alpha value is -4.10. The van der Waals surface area contributed by atoms with Crippen LogP contribution in [0.3, 0.4) is 0 Å². The van der Waals surface area contributed by atoms with Gasteiger partial charge in [0, 0.05) is 33.1 Å². The molecule has 0 atom stereocenters. The number of phenols is 1. The van der Waals surface area contributed by atoms with Gasteiger partial charge in [0.1, 0.15) is 11.3 Å². The number of likely N-dealkylation sites (N-methyl/N-ethyl adjacent to an activating group) is 1. The number of nitrogens with zero attached hydrogens (tertiary/aromatic N) is 2. The molecule has 0 aliphatic heterocycles. The van der Waals surface area contributed by atoms with Gasteiger partial charge < -0.3 is 35.1 Å². The lowest BCUT2D eigenvalue weighted by molar-refractivity contribution is -0.148. The van der Waals surface area contributed by atoms with E-state index in [2.05, 4.69) is 71.5 Å². The fraction of sp³-hybridized carbons (Fsp3) is 0.429. The number of hydrogen-bond donors (Lipinski definition) is 4. The molecular weight excluding hydrogens is 620 g/mol. The summed E-state index contributed by atoms with van der Waals surface area (Å²) < 4.78 is 6.70. The number of benzene rings is 3.